The molecule has 28 heavy (non-hydrogen) atoms. The summed E-state index contributed by atoms with van der Waals surface area (Å²) in [5, 5.41) is 2.78. The molecule has 3 rings (SSSR count). The number of carbonyl (C=O) groups is 1. The van der Waals surface area contributed by atoms with Crippen LogP contribution in [0.25, 0.3) is 0 Å². The molecule has 1 fully saturated rings. The van der Waals surface area contributed by atoms with Crippen LogP contribution in [0.2, 0.25) is 5.02 Å². The largest absolute Gasteiger partial charge is 0.377 e. The average Bonchev–Trinajstić information content (AvgIpc) is 3.17. The van der Waals surface area contributed by atoms with Gasteiger partial charge in [0.25, 0.3) is 0 Å². The third-order valence-corrected chi connectivity index (χ3v) is 6.17. The van der Waals surface area contributed by atoms with Crippen molar-refractivity contribution in [2.75, 3.05) is 18.5 Å². The fourth-order valence-electron chi connectivity index (χ4n) is 2.88. The van der Waals surface area contributed by atoms with Crippen molar-refractivity contribution >= 4 is 33.2 Å². The summed E-state index contributed by atoms with van der Waals surface area (Å²) >= 11 is 5.92. The Labute approximate surface area is 168 Å². The van der Waals surface area contributed by atoms with Gasteiger partial charge in [0.2, 0.25) is 15.9 Å². The summed E-state index contributed by atoms with van der Waals surface area (Å²) in [6.07, 6.45) is 1.44. The first-order valence-electron chi connectivity index (χ1n) is 8.79. The first kappa shape index (κ1) is 20.7. The number of hydrogen-bond donors (Lipinski definition) is 2. The van der Waals surface area contributed by atoms with E-state index >= 15 is 0 Å². The number of rotatable bonds is 7. The summed E-state index contributed by atoms with van der Waals surface area (Å²) in [6, 6.07) is 9.94. The summed E-state index contributed by atoms with van der Waals surface area (Å²) < 4.78 is 46.4. The maximum absolute atomic E-state index is 13.8. The van der Waals surface area contributed by atoms with Gasteiger partial charge in [-0.3, -0.25) is 4.79 Å². The van der Waals surface area contributed by atoms with Crippen LogP contribution in [-0.2, 0) is 26.0 Å². The van der Waals surface area contributed by atoms with Crippen LogP contribution in [0.4, 0.5) is 10.1 Å². The topological polar surface area (TPSA) is 84.5 Å². The molecule has 2 aromatic rings. The van der Waals surface area contributed by atoms with E-state index < -0.39 is 21.7 Å². The van der Waals surface area contributed by atoms with Gasteiger partial charge in [0.05, 0.1) is 17.4 Å². The molecule has 0 bridgehead atoms. The van der Waals surface area contributed by atoms with E-state index in [4.69, 9.17) is 16.3 Å². The van der Waals surface area contributed by atoms with E-state index in [0.717, 1.165) is 12.8 Å². The van der Waals surface area contributed by atoms with Crippen LogP contribution >= 0.6 is 11.6 Å². The van der Waals surface area contributed by atoms with Crippen LogP contribution in [0.5, 0.6) is 0 Å². The van der Waals surface area contributed by atoms with Crippen LogP contribution < -0.4 is 10.0 Å². The average molecular weight is 427 g/mol. The maximum atomic E-state index is 13.8. The summed E-state index contributed by atoms with van der Waals surface area (Å²) in [7, 11) is -3.66. The summed E-state index contributed by atoms with van der Waals surface area (Å²) in [4.78, 5) is 12.2. The van der Waals surface area contributed by atoms with Gasteiger partial charge >= 0.3 is 0 Å². The fraction of sp³-hybridized carbons (Fsp3) is 0.316. The molecule has 1 amide bonds. The number of benzene rings is 2. The van der Waals surface area contributed by atoms with Gasteiger partial charge in [-0.1, -0.05) is 17.7 Å². The number of nitrogens with one attached hydrogen (secondary N) is 2. The number of halogens is 2. The maximum Gasteiger partial charge on any atom is 0.240 e. The Hall–Kier alpha value is -2.00. The van der Waals surface area contributed by atoms with E-state index in [0.29, 0.717) is 12.3 Å². The van der Waals surface area contributed by atoms with Crippen molar-refractivity contribution in [2.45, 2.75) is 30.3 Å². The summed E-state index contributed by atoms with van der Waals surface area (Å²) in [5.41, 5.74) is 0.509. The molecule has 1 aliphatic heterocycles. The smallest absolute Gasteiger partial charge is 0.240 e. The Morgan fingerprint density at radius 3 is 2.61 bits per heavy atom. The Balaban J connectivity index is 1.59. The zero-order valence-electron chi connectivity index (χ0n) is 15.0. The van der Waals surface area contributed by atoms with Crippen molar-refractivity contribution in [1.82, 2.24) is 4.72 Å². The molecule has 6 nitrogen and oxygen atoms in total. The highest BCUT2D eigenvalue weighted by Crippen LogP contribution is 2.21. The van der Waals surface area contributed by atoms with E-state index in [1.54, 1.807) is 0 Å². The number of sulfonamides is 1. The molecule has 1 atom stereocenters. The Morgan fingerprint density at radius 2 is 1.96 bits per heavy atom. The molecule has 150 valence electrons. The zero-order chi connectivity index (χ0) is 20.1. The molecule has 0 radical (unpaired) electrons. The van der Waals surface area contributed by atoms with Gasteiger partial charge in [-0.15, -0.1) is 0 Å². The second-order valence-corrected chi connectivity index (χ2v) is 8.61. The van der Waals surface area contributed by atoms with Crippen LogP contribution in [0.3, 0.4) is 0 Å². The first-order chi connectivity index (χ1) is 13.3. The molecule has 0 aromatic heterocycles. The molecule has 2 N–H and O–H groups in total. The molecular formula is C19H20ClFN2O4S. The normalized spacial score (nSPS) is 16.9. The highest BCUT2D eigenvalue weighted by atomic mass is 35.5. The van der Waals surface area contributed by atoms with Crippen molar-refractivity contribution in [1.29, 1.82) is 0 Å². The standard InChI is InChI=1S/C19H20ClFN2O4S/c20-17-4-1-5-18(21)16(17)11-19(24)23-13-6-8-15(9-7-13)28(25,26)22-12-14-3-2-10-27-14/h1,4-9,14,22H,2-3,10-12H2,(H,23,24)/t14-/m1/s1. The van der Waals surface area contributed by atoms with Crippen molar-refractivity contribution in [2.24, 2.45) is 0 Å². The van der Waals surface area contributed by atoms with Gasteiger partial charge in [0.1, 0.15) is 5.82 Å². The van der Waals surface area contributed by atoms with Crippen LogP contribution in [-0.4, -0.2) is 33.6 Å². The molecule has 1 saturated heterocycles. The second kappa shape index (κ2) is 9.00. The minimum Gasteiger partial charge on any atom is -0.377 e. The number of ether oxygens (including phenoxy) is 1. The third kappa shape index (κ3) is 5.29. The van der Waals surface area contributed by atoms with E-state index in [1.807, 2.05) is 0 Å². The van der Waals surface area contributed by atoms with Crippen molar-refractivity contribution in [3.05, 3.63) is 58.9 Å². The lowest BCUT2D eigenvalue weighted by Gasteiger charge is -2.12. The fourth-order valence-corrected chi connectivity index (χ4v) is 4.17. The molecule has 0 saturated carbocycles. The lowest BCUT2D eigenvalue weighted by molar-refractivity contribution is -0.115. The molecule has 0 spiro atoms. The number of hydrogen-bond acceptors (Lipinski definition) is 4. The number of carbonyl (C=O) groups excluding carboxylic acids is 1. The van der Waals surface area contributed by atoms with Gasteiger partial charge in [-0.05, 0) is 49.2 Å². The van der Waals surface area contributed by atoms with Gasteiger partial charge in [-0.2, -0.15) is 0 Å². The van der Waals surface area contributed by atoms with Crippen molar-refractivity contribution < 1.29 is 22.3 Å². The number of amides is 1. The Morgan fingerprint density at radius 1 is 1.21 bits per heavy atom. The highest BCUT2D eigenvalue weighted by Gasteiger charge is 2.20. The highest BCUT2D eigenvalue weighted by molar-refractivity contribution is 7.89. The van der Waals surface area contributed by atoms with E-state index in [1.165, 1.54) is 42.5 Å². The lowest BCUT2D eigenvalue weighted by Crippen LogP contribution is -2.31. The molecule has 9 heteroatoms. The Kier molecular flexibility index (Phi) is 6.66. The first-order valence-corrected chi connectivity index (χ1v) is 10.7. The van der Waals surface area contributed by atoms with E-state index in [2.05, 4.69) is 10.0 Å². The molecular weight excluding hydrogens is 407 g/mol. The van der Waals surface area contributed by atoms with Gasteiger partial charge in [-0.25, -0.2) is 17.5 Å². The van der Waals surface area contributed by atoms with Gasteiger partial charge in [0.15, 0.2) is 0 Å². The quantitative estimate of drug-likeness (QED) is 0.712. The third-order valence-electron chi connectivity index (χ3n) is 4.37. The van der Waals surface area contributed by atoms with E-state index in [-0.39, 0.29) is 34.6 Å². The van der Waals surface area contributed by atoms with E-state index in [9.17, 15) is 17.6 Å². The predicted molar refractivity (Wildman–Crippen MR) is 104 cm³/mol. The van der Waals surface area contributed by atoms with Gasteiger partial charge in [0, 0.05) is 29.4 Å². The summed E-state index contributed by atoms with van der Waals surface area (Å²) in [6.45, 7) is 0.878. The molecule has 2 aromatic carbocycles. The van der Waals surface area contributed by atoms with Gasteiger partial charge < -0.3 is 10.1 Å². The Bertz CT molecular complexity index is 925. The zero-order valence-corrected chi connectivity index (χ0v) is 16.5. The second-order valence-electron chi connectivity index (χ2n) is 6.44. The summed E-state index contributed by atoms with van der Waals surface area (Å²) in [5.74, 6) is -1.01. The minimum absolute atomic E-state index is 0.0839. The monoisotopic (exact) mass is 426 g/mol. The lowest BCUT2D eigenvalue weighted by atomic mass is 10.1. The van der Waals surface area contributed by atoms with Crippen LogP contribution in [0.1, 0.15) is 18.4 Å². The minimum atomic E-state index is -3.66. The molecule has 0 unspecified atom stereocenters. The molecule has 1 aliphatic rings. The van der Waals surface area contributed by atoms with Crippen molar-refractivity contribution in [3.63, 3.8) is 0 Å². The molecule has 0 aliphatic carbocycles. The van der Waals surface area contributed by atoms with Crippen LogP contribution in [0, 0.1) is 5.82 Å². The predicted octanol–water partition coefficient (Wildman–Crippen LogP) is 3.12. The van der Waals surface area contributed by atoms with Crippen molar-refractivity contribution in [3.8, 4) is 0 Å². The molecule has 1 heterocycles. The van der Waals surface area contributed by atoms with Crippen LogP contribution in [0.15, 0.2) is 47.4 Å². The SMILES string of the molecule is O=C(Cc1c(F)cccc1Cl)Nc1ccc(S(=O)(=O)NC[C@H]2CCCO2)cc1. The number of anilines is 1.